The zero-order valence-corrected chi connectivity index (χ0v) is 16.0. The minimum absolute atomic E-state index is 0.0699. The van der Waals surface area contributed by atoms with Crippen molar-refractivity contribution < 1.29 is 18.2 Å². The van der Waals surface area contributed by atoms with Gasteiger partial charge in [0, 0.05) is 22.8 Å². The van der Waals surface area contributed by atoms with Gasteiger partial charge >= 0.3 is 11.6 Å². The summed E-state index contributed by atoms with van der Waals surface area (Å²) in [7, 11) is -1.27. The Bertz CT molecular complexity index is 1070. The highest BCUT2D eigenvalue weighted by Gasteiger charge is 2.17. The third kappa shape index (κ3) is 4.17. The smallest absolute Gasteiger partial charge is 0.339 e. The van der Waals surface area contributed by atoms with Gasteiger partial charge in [0.1, 0.15) is 12.2 Å². The van der Waals surface area contributed by atoms with Crippen molar-refractivity contribution in [1.82, 2.24) is 0 Å². The maximum atomic E-state index is 12.5. The standard InChI is InChI=1S/C21H20O5S/c1-3-14-9-10-16-15(12-20(22)26-18(16)11-14)13-25-21(23)17-7-5-6-8-19(17)27(24)4-2/h5-12H,3-4,13H2,1-2H3/t27-/m1/s1. The van der Waals surface area contributed by atoms with E-state index in [4.69, 9.17) is 9.15 Å². The summed E-state index contributed by atoms with van der Waals surface area (Å²) < 4.78 is 22.8. The molecule has 3 aromatic rings. The monoisotopic (exact) mass is 384 g/mol. The zero-order chi connectivity index (χ0) is 19.4. The number of esters is 1. The second-order valence-electron chi connectivity index (χ2n) is 5.98. The van der Waals surface area contributed by atoms with Crippen LogP contribution in [0.4, 0.5) is 0 Å². The molecular weight excluding hydrogens is 364 g/mol. The van der Waals surface area contributed by atoms with Gasteiger partial charge in [0.25, 0.3) is 0 Å². The number of rotatable bonds is 6. The number of hydrogen-bond donors (Lipinski definition) is 0. The Balaban J connectivity index is 1.88. The van der Waals surface area contributed by atoms with Crippen LogP contribution in [-0.4, -0.2) is 15.9 Å². The summed E-state index contributed by atoms with van der Waals surface area (Å²) in [4.78, 5) is 24.8. The molecule has 0 N–H and O–H groups in total. The fourth-order valence-corrected chi connectivity index (χ4v) is 3.76. The topological polar surface area (TPSA) is 73.6 Å². The molecule has 0 aliphatic carbocycles. The lowest BCUT2D eigenvalue weighted by atomic mass is 10.1. The maximum absolute atomic E-state index is 12.5. The molecule has 140 valence electrons. The van der Waals surface area contributed by atoms with Crippen molar-refractivity contribution in [2.75, 3.05) is 5.75 Å². The van der Waals surface area contributed by atoms with Crippen LogP contribution in [0, 0.1) is 0 Å². The first-order valence-electron chi connectivity index (χ1n) is 8.73. The Morgan fingerprint density at radius 2 is 1.89 bits per heavy atom. The van der Waals surface area contributed by atoms with Crippen LogP contribution in [0.1, 0.15) is 35.3 Å². The van der Waals surface area contributed by atoms with E-state index in [1.165, 1.54) is 6.07 Å². The summed E-state index contributed by atoms with van der Waals surface area (Å²) >= 11 is 0. The molecule has 0 spiro atoms. The molecule has 0 unspecified atom stereocenters. The number of aryl methyl sites for hydroxylation is 1. The van der Waals surface area contributed by atoms with Gasteiger partial charge in [-0.3, -0.25) is 4.21 Å². The minimum atomic E-state index is -1.27. The summed E-state index contributed by atoms with van der Waals surface area (Å²) in [5.41, 5.74) is 1.88. The van der Waals surface area contributed by atoms with Crippen LogP contribution < -0.4 is 5.63 Å². The van der Waals surface area contributed by atoms with Gasteiger partial charge in [0.15, 0.2) is 0 Å². The third-order valence-electron chi connectivity index (χ3n) is 4.28. The molecule has 0 aliphatic heterocycles. The van der Waals surface area contributed by atoms with Crippen LogP contribution in [-0.2, 0) is 28.6 Å². The quantitative estimate of drug-likeness (QED) is 0.477. The van der Waals surface area contributed by atoms with Crippen LogP contribution in [0.3, 0.4) is 0 Å². The fraction of sp³-hybridized carbons (Fsp3) is 0.238. The Morgan fingerprint density at radius 1 is 1.11 bits per heavy atom. The van der Waals surface area contributed by atoms with Crippen molar-refractivity contribution in [3.8, 4) is 0 Å². The lowest BCUT2D eigenvalue weighted by Crippen LogP contribution is -2.11. The lowest BCUT2D eigenvalue weighted by Gasteiger charge is -2.10. The van der Waals surface area contributed by atoms with Gasteiger partial charge in [-0.05, 0) is 30.2 Å². The van der Waals surface area contributed by atoms with E-state index in [2.05, 4.69) is 0 Å². The molecule has 1 aromatic heterocycles. The van der Waals surface area contributed by atoms with Crippen LogP contribution in [0.2, 0.25) is 0 Å². The van der Waals surface area contributed by atoms with Crippen molar-refractivity contribution in [3.05, 3.63) is 75.6 Å². The average Bonchev–Trinajstić information content (AvgIpc) is 2.70. The summed E-state index contributed by atoms with van der Waals surface area (Å²) in [6, 6.07) is 13.7. The average molecular weight is 384 g/mol. The largest absolute Gasteiger partial charge is 0.457 e. The molecule has 1 atom stereocenters. The van der Waals surface area contributed by atoms with E-state index in [0.29, 0.717) is 21.8 Å². The van der Waals surface area contributed by atoms with Gasteiger partial charge in [0.05, 0.1) is 21.3 Å². The van der Waals surface area contributed by atoms with E-state index >= 15 is 0 Å². The van der Waals surface area contributed by atoms with Gasteiger partial charge in [0.2, 0.25) is 0 Å². The Labute approximate surface area is 159 Å². The van der Waals surface area contributed by atoms with Gasteiger partial charge < -0.3 is 9.15 Å². The molecule has 6 heteroatoms. The highest BCUT2D eigenvalue weighted by molar-refractivity contribution is 7.85. The second-order valence-corrected chi connectivity index (χ2v) is 7.69. The second kappa shape index (κ2) is 8.31. The highest BCUT2D eigenvalue weighted by Crippen LogP contribution is 2.21. The van der Waals surface area contributed by atoms with Crippen molar-refractivity contribution in [2.45, 2.75) is 31.8 Å². The molecule has 0 aliphatic rings. The molecule has 0 saturated heterocycles. The number of benzene rings is 2. The molecule has 27 heavy (non-hydrogen) atoms. The number of ether oxygens (including phenoxy) is 1. The summed E-state index contributed by atoms with van der Waals surface area (Å²) in [5, 5.41) is 0.727. The normalized spacial score (nSPS) is 12.1. The van der Waals surface area contributed by atoms with Crippen LogP contribution >= 0.6 is 0 Å². The predicted molar refractivity (Wildman–Crippen MR) is 104 cm³/mol. The highest BCUT2D eigenvalue weighted by atomic mass is 32.2. The van der Waals surface area contributed by atoms with Gasteiger partial charge in [-0.15, -0.1) is 0 Å². The summed E-state index contributed by atoms with van der Waals surface area (Å²) in [5.74, 6) is -0.159. The first-order valence-corrected chi connectivity index (χ1v) is 10.1. The summed E-state index contributed by atoms with van der Waals surface area (Å²) in [6.07, 6.45) is 0.824. The van der Waals surface area contributed by atoms with E-state index in [0.717, 1.165) is 17.4 Å². The fourth-order valence-electron chi connectivity index (χ4n) is 2.82. The van der Waals surface area contributed by atoms with Gasteiger partial charge in [-0.1, -0.05) is 38.1 Å². The summed E-state index contributed by atoms with van der Waals surface area (Å²) in [6.45, 7) is 3.74. The molecule has 0 radical (unpaired) electrons. The van der Waals surface area contributed by atoms with Crippen molar-refractivity contribution in [2.24, 2.45) is 0 Å². The molecular formula is C21H20O5S. The van der Waals surface area contributed by atoms with Crippen molar-refractivity contribution in [1.29, 1.82) is 0 Å². The van der Waals surface area contributed by atoms with Gasteiger partial charge in [-0.25, -0.2) is 9.59 Å². The third-order valence-corrected chi connectivity index (χ3v) is 5.65. The molecule has 0 amide bonds. The van der Waals surface area contributed by atoms with E-state index in [9.17, 15) is 13.8 Å². The lowest BCUT2D eigenvalue weighted by molar-refractivity contribution is 0.0469. The van der Waals surface area contributed by atoms with Crippen LogP contribution in [0.5, 0.6) is 0 Å². The molecule has 0 saturated carbocycles. The number of fused-ring (bicyclic) bond motifs is 1. The number of carbonyl (C=O) groups excluding carboxylic acids is 1. The van der Waals surface area contributed by atoms with E-state index in [1.54, 1.807) is 31.2 Å². The molecule has 2 aromatic carbocycles. The molecule has 0 bridgehead atoms. The van der Waals surface area contributed by atoms with Crippen molar-refractivity contribution >= 4 is 27.7 Å². The number of carbonyl (C=O) groups is 1. The van der Waals surface area contributed by atoms with E-state index in [1.807, 2.05) is 25.1 Å². The van der Waals surface area contributed by atoms with E-state index < -0.39 is 22.4 Å². The molecule has 0 fully saturated rings. The first-order chi connectivity index (χ1) is 13.0. The molecule has 5 nitrogen and oxygen atoms in total. The Hall–Kier alpha value is -2.73. The van der Waals surface area contributed by atoms with Gasteiger partial charge in [-0.2, -0.15) is 0 Å². The number of hydrogen-bond acceptors (Lipinski definition) is 5. The maximum Gasteiger partial charge on any atom is 0.339 e. The Kier molecular flexibility index (Phi) is 5.86. The zero-order valence-electron chi connectivity index (χ0n) is 15.2. The Morgan fingerprint density at radius 3 is 2.63 bits per heavy atom. The molecule has 3 rings (SSSR count). The van der Waals surface area contributed by atoms with Crippen LogP contribution in [0.25, 0.3) is 11.0 Å². The molecule has 1 heterocycles. The minimum Gasteiger partial charge on any atom is -0.457 e. The predicted octanol–water partition coefficient (Wildman–Crippen LogP) is 3.84. The van der Waals surface area contributed by atoms with E-state index in [-0.39, 0.29) is 12.2 Å². The first kappa shape index (κ1) is 19.0. The van der Waals surface area contributed by atoms with Crippen molar-refractivity contribution in [3.63, 3.8) is 0 Å². The SMILES string of the molecule is CCc1ccc2c(COC(=O)c3ccccc3[S@](=O)CC)cc(=O)oc2c1. The van der Waals surface area contributed by atoms with Crippen LogP contribution in [0.15, 0.2) is 62.6 Å².